The molecule has 3 unspecified atom stereocenters. The molecule has 4 N–H and O–H groups in total. The number of hydrogen-bond acceptors (Lipinski definition) is 4. The second kappa shape index (κ2) is 7.07. The number of aliphatic hydroxyl groups excluding tert-OH is 1. The summed E-state index contributed by atoms with van der Waals surface area (Å²) in [5, 5.41) is 12.5. The SMILES string of the molecule is COCCC(N)C(=O)NC1(CO)CCCC(C)C1. The van der Waals surface area contributed by atoms with Crippen LogP contribution in [0.5, 0.6) is 0 Å². The largest absolute Gasteiger partial charge is 0.394 e. The normalized spacial score (nSPS) is 29.9. The summed E-state index contributed by atoms with van der Waals surface area (Å²) in [7, 11) is 1.59. The van der Waals surface area contributed by atoms with Crippen LogP contribution in [-0.4, -0.2) is 42.9 Å². The van der Waals surface area contributed by atoms with Gasteiger partial charge in [-0.15, -0.1) is 0 Å². The first-order valence-corrected chi connectivity index (χ1v) is 6.70. The highest BCUT2D eigenvalue weighted by molar-refractivity contribution is 5.82. The Balaban J connectivity index is 2.53. The minimum absolute atomic E-state index is 0.0138. The molecule has 0 bridgehead atoms. The van der Waals surface area contributed by atoms with Crippen LogP contribution in [0, 0.1) is 5.92 Å². The van der Waals surface area contributed by atoms with Crippen molar-refractivity contribution < 1.29 is 14.6 Å². The summed E-state index contributed by atoms with van der Waals surface area (Å²) < 4.78 is 4.91. The minimum atomic E-state index is -0.564. The molecule has 5 nitrogen and oxygen atoms in total. The average molecular weight is 258 g/mol. The number of hydrogen-bond donors (Lipinski definition) is 3. The number of nitrogens with two attached hydrogens (primary N) is 1. The summed E-state index contributed by atoms with van der Waals surface area (Å²) in [6, 6.07) is -0.564. The maximum Gasteiger partial charge on any atom is 0.237 e. The number of carbonyl (C=O) groups excluding carboxylic acids is 1. The van der Waals surface area contributed by atoms with Gasteiger partial charge in [0, 0.05) is 13.7 Å². The van der Waals surface area contributed by atoms with Gasteiger partial charge in [-0.2, -0.15) is 0 Å². The summed E-state index contributed by atoms with van der Waals surface area (Å²) in [5.41, 5.74) is 5.32. The van der Waals surface area contributed by atoms with Crippen molar-refractivity contribution in [1.82, 2.24) is 5.32 Å². The standard InChI is InChI=1S/C13H26N2O3/c1-10-4-3-6-13(8-10,9-16)15-12(17)11(14)5-7-18-2/h10-11,16H,3-9,14H2,1-2H3,(H,15,17). The molecule has 0 spiro atoms. The maximum absolute atomic E-state index is 12.0. The Morgan fingerprint density at radius 2 is 2.39 bits per heavy atom. The number of ether oxygens (including phenoxy) is 1. The van der Waals surface area contributed by atoms with E-state index in [4.69, 9.17) is 10.5 Å². The molecule has 1 aliphatic carbocycles. The summed E-state index contributed by atoms with van der Waals surface area (Å²) in [6.45, 7) is 2.61. The first-order chi connectivity index (χ1) is 8.53. The van der Waals surface area contributed by atoms with Crippen LogP contribution in [0.15, 0.2) is 0 Å². The van der Waals surface area contributed by atoms with Crippen LogP contribution in [0.25, 0.3) is 0 Å². The highest BCUT2D eigenvalue weighted by atomic mass is 16.5. The van der Waals surface area contributed by atoms with Crippen LogP contribution in [0.4, 0.5) is 0 Å². The van der Waals surface area contributed by atoms with Crippen molar-refractivity contribution >= 4 is 5.91 Å². The third-order valence-corrected chi connectivity index (χ3v) is 3.75. The van der Waals surface area contributed by atoms with Gasteiger partial charge in [0.05, 0.1) is 18.2 Å². The van der Waals surface area contributed by atoms with E-state index in [1.165, 1.54) is 0 Å². The Kier molecular flexibility index (Phi) is 6.05. The van der Waals surface area contributed by atoms with Gasteiger partial charge >= 0.3 is 0 Å². The second-order valence-electron chi connectivity index (χ2n) is 5.52. The van der Waals surface area contributed by atoms with Gasteiger partial charge < -0.3 is 20.9 Å². The predicted octanol–water partition coefficient (Wildman–Crippen LogP) is 0.408. The molecule has 3 atom stereocenters. The maximum atomic E-state index is 12.0. The number of carbonyl (C=O) groups is 1. The predicted molar refractivity (Wildman–Crippen MR) is 70.1 cm³/mol. The lowest BCUT2D eigenvalue weighted by atomic mass is 9.76. The van der Waals surface area contributed by atoms with Crippen LogP contribution in [-0.2, 0) is 9.53 Å². The molecule has 1 aliphatic rings. The number of methoxy groups -OCH3 is 1. The van der Waals surface area contributed by atoms with Crippen molar-refractivity contribution in [3.8, 4) is 0 Å². The van der Waals surface area contributed by atoms with Gasteiger partial charge in [0.25, 0.3) is 0 Å². The van der Waals surface area contributed by atoms with Gasteiger partial charge in [0.1, 0.15) is 0 Å². The van der Waals surface area contributed by atoms with E-state index in [9.17, 15) is 9.90 Å². The molecule has 106 valence electrons. The fourth-order valence-corrected chi connectivity index (χ4v) is 2.69. The summed E-state index contributed by atoms with van der Waals surface area (Å²) in [6.07, 6.45) is 4.35. The molecular formula is C13H26N2O3. The number of rotatable bonds is 6. The molecule has 0 aromatic rings. The summed E-state index contributed by atoms with van der Waals surface area (Å²) in [4.78, 5) is 12.0. The van der Waals surface area contributed by atoms with Crippen LogP contribution < -0.4 is 11.1 Å². The van der Waals surface area contributed by atoms with E-state index in [0.29, 0.717) is 18.9 Å². The van der Waals surface area contributed by atoms with Crippen molar-refractivity contribution in [1.29, 1.82) is 0 Å². The number of nitrogens with one attached hydrogen (secondary N) is 1. The highest BCUT2D eigenvalue weighted by Gasteiger charge is 2.36. The lowest BCUT2D eigenvalue weighted by Gasteiger charge is -2.40. The van der Waals surface area contributed by atoms with Gasteiger partial charge in [0.2, 0.25) is 5.91 Å². The smallest absolute Gasteiger partial charge is 0.237 e. The molecule has 0 heterocycles. The van der Waals surface area contributed by atoms with Gasteiger partial charge in [-0.3, -0.25) is 4.79 Å². The lowest BCUT2D eigenvalue weighted by Crippen LogP contribution is -2.57. The molecular weight excluding hydrogens is 232 g/mol. The highest BCUT2D eigenvalue weighted by Crippen LogP contribution is 2.31. The Hall–Kier alpha value is -0.650. The fraction of sp³-hybridized carbons (Fsp3) is 0.923. The van der Waals surface area contributed by atoms with E-state index in [1.807, 2.05) is 0 Å². The summed E-state index contributed by atoms with van der Waals surface area (Å²) >= 11 is 0. The van der Waals surface area contributed by atoms with Gasteiger partial charge in [-0.25, -0.2) is 0 Å². The van der Waals surface area contributed by atoms with Crippen LogP contribution in [0.2, 0.25) is 0 Å². The van der Waals surface area contributed by atoms with Crippen LogP contribution in [0.3, 0.4) is 0 Å². The first kappa shape index (κ1) is 15.4. The quantitative estimate of drug-likeness (QED) is 0.644. The third-order valence-electron chi connectivity index (χ3n) is 3.75. The molecule has 1 saturated carbocycles. The number of amides is 1. The van der Waals surface area contributed by atoms with Crippen molar-refractivity contribution in [2.75, 3.05) is 20.3 Å². The monoisotopic (exact) mass is 258 g/mol. The zero-order valence-electron chi connectivity index (χ0n) is 11.4. The van der Waals surface area contributed by atoms with E-state index in [1.54, 1.807) is 7.11 Å². The van der Waals surface area contributed by atoms with Gasteiger partial charge in [0.15, 0.2) is 0 Å². The second-order valence-corrected chi connectivity index (χ2v) is 5.52. The molecule has 0 radical (unpaired) electrons. The lowest BCUT2D eigenvalue weighted by molar-refractivity contribution is -0.126. The van der Waals surface area contributed by atoms with E-state index in [0.717, 1.165) is 25.7 Å². The minimum Gasteiger partial charge on any atom is -0.394 e. The van der Waals surface area contributed by atoms with Crippen molar-refractivity contribution in [2.24, 2.45) is 11.7 Å². The van der Waals surface area contributed by atoms with E-state index in [-0.39, 0.29) is 12.5 Å². The molecule has 5 heteroatoms. The Bertz CT molecular complexity index is 273. The topological polar surface area (TPSA) is 84.6 Å². The van der Waals surface area contributed by atoms with Gasteiger partial charge in [-0.1, -0.05) is 19.8 Å². The Labute approximate surface area is 109 Å². The summed E-state index contributed by atoms with van der Waals surface area (Å²) in [5.74, 6) is 0.344. The Morgan fingerprint density at radius 1 is 1.67 bits per heavy atom. The molecule has 0 aromatic heterocycles. The zero-order chi connectivity index (χ0) is 13.6. The first-order valence-electron chi connectivity index (χ1n) is 6.70. The fourth-order valence-electron chi connectivity index (χ4n) is 2.69. The average Bonchev–Trinajstić information content (AvgIpc) is 2.35. The van der Waals surface area contributed by atoms with E-state index < -0.39 is 11.6 Å². The van der Waals surface area contributed by atoms with Crippen LogP contribution in [0.1, 0.15) is 39.0 Å². The molecule has 0 aliphatic heterocycles. The van der Waals surface area contributed by atoms with Gasteiger partial charge in [-0.05, 0) is 25.2 Å². The molecule has 1 fully saturated rings. The Morgan fingerprint density at radius 3 is 2.94 bits per heavy atom. The molecule has 18 heavy (non-hydrogen) atoms. The third kappa shape index (κ3) is 4.23. The molecule has 1 amide bonds. The van der Waals surface area contributed by atoms with Crippen molar-refractivity contribution in [3.05, 3.63) is 0 Å². The zero-order valence-corrected chi connectivity index (χ0v) is 11.4. The van der Waals surface area contributed by atoms with Crippen molar-refractivity contribution in [2.45, 2.75) is 50.6 Å². The van der Waals surface area contributed by atoms with E-state index >= 15 is 0 Å². The van der Waals surface area contributed by atoms with Crippen molar-refractivity contribution in [3.63, 3.8) is 0 Å². The van der Waals surface area contributed by atoms with Crippen LogP contribution >= 0.6 is 0 Å². The molecule has 0 saturated heterocycles. The molecule has 0 aromatic carbocycles. The number of aliphatic hydroxyl groups is 1. The molecule has 1 rings (SSSR count). The van der Waals surface area contributed by atoms with E-state index in [2.05, 4.69) is 12.2 Å².